The van der Waals surface area contributed by atoms with Gasteiger partial charge in [0.2, 0.25) is 5.88 Å². The van der Waals surface area contributed by atoms with Crippen molar-refractivity contribution in [3.8, 4) is 5.88 Å². The summed E-state index contributed by atoms with van der Waals surface area (Å²) < 4.78 is 34.4. The molecule has 168 valence electrons. The van der Waals surface area contributed by atoms with E-state index in [1.54, 1.807) is 19.1 Å². The Morgan fingerprint density at radius 2 is 1.84 bits per heavy atom. The first-order valence-electron chi connectivity index (χ1n) is 10.3. The Kier molecular flexibility index (Phi) is 8.93. The first-order valence-corrected chi connectivity index (χ1v) is 10.3. The highest BCUT2D eigenvalue weighted by Crippen LogP contribution is 2.24. The van der Waals surface area contributed by atoms with Gasteiger partial charge in [0, 0.05) is 12.7 Å². The number of primary amides is 1. The second-order valence-electron chi connectivity index (χ2n) is 7.27. The lowest BCUT2D eigenvalue weighted by atomic mass is 10.1. The van der Waals surface area contributed by atoms with Gasteiger partial charge in [-0.2, -0.15) is 9.61 Å². The van der Waals surface area contributed by atoms with E-state index >= 15 is 0 Å². The number of nitrogens with two attached hydrogens (primary N) is 1. The second-order valence-corrected chi connectivity index (χ2v) is 7.27. The van der Waals surface area contributed by atoms with E-state index in [0.717, 1.165) is 24.1 Å². The predicted molar refractivity (Wildman–Crippen MR) is 115 cm³/mol. The molecule has 0 bridgehead atoms. The minimum absolute atomic E-state index is 0.175. The normalized spacial score (nSPS) is 10.6. The minimum Gasteiger partial charge on any atom is -0.473 e. The molecule has 6 nitrogen and oxygen atoms in total. The molecule has 0 unspecified atom stereocenters. The fourth-order valence-electron chi connectivity index (χ4n) is 3.12. The van der Waals surface area contributed by atoms with Crippen LogP contribution in [0.4, 0.5) is 8.78 Å². The van der Waals surface area contributed by atoms with E-state index in [0.29, 0.717) is 23.4 Å². The zero-order chi connectivity index (χ0) is 23.0. The molecule has 0 fully saturated rings. The molecule has 0 aliphatic rings. The average molecular weight is 433 g/mol. The van der Waals surface area contributed by atoms with E-state index in [-0.39, 0.29) is 18.1 Å². The van der Waals surface area contributed by atoms with Crippen molar-refractivity contribution in [2.45, 2.75) is 53.1 Å². The number of hydrogen-bond donors (Lipinski definition) is 2. The molecule has 2 aromatic heterocycles. The van der Waals surface area contributed by atoms with E-state index in [2.05, 4.69) is 12.0 Å². The number of benzene rings is 1. The number of aliphatic hydroxyl groups is 1. The lowest BCUT2D eigenvalue weighted by Crippen LogP contribution is -2.12. The third kappa shape index (κ3) is 6.24. The van der Waals surface area contributed by atoms with Crippen molar-refractivity contribution in [2.75, 3.05) is 6.61 Å². The summed E-state index contributed by atoms with van der Waals surface area (Å²) in [6.07, 6.45) is 4.68. The number of hydrogen-bond acceptors (Lipinski definition) is 4. The summed E-state index contributed by atoms with van der Waals surface area (Å²) in [4.78, 5) is 11.6. The van der Waals surface area contributed by atoms with Gasteiger partial charge in [-0.05, 0) is 44.0 Å². The summed E-state index contributed by atoms with van der Waals surface area (Å²) in [5, 5.41) is 12.5. The predicted octanol–water partition coefficient (Wildman–Crippen LogP) is 4.47. The van der Waals surface area contributed by atoms with Crippen LogP contribution < -0.4 is 10.5 Å². The van der Waals surface area contributed by atoms with Gasteiger partial charge in [0.1, 0.15) is 18.2 Å². The number of carbonyl (C=O) groups excluding carboxylic acids is 1. The molecular formula is C23H29F2N3O3. The summed E-state index contributed by atoms with van der Waals surface area (Å²) in [6.45, 7) is 5.69. The molecule has 3 rings (SSSR count). The van der Waals surface area contributed by atoms with Crippen molar-refractivity contribution in [3.63, 3.8) is 0 Å². The maximum Gasteiger partial charge on any atom is 0.252 e. The zero-order valence-electron chi connectivity index (χ0n) is 18.1. The van der Waals surface area contributed by atoms with Crippen LogP contribution in [0.2, 0.25) is 0 Å². The highest BCUT2D eigenvalue weighted by molar-refractivity contribution is 6.01. The molecule has 0 saturated heterocycles. The van der Waals surface area contributed by atoms with Crippen LogP contribution >= 0.6 is 0 Å². The van der Waals surface area contributed by atoms with Gasteiger partial charge in [-0.25, -0.2) is 8.78 Å². The number of aromatic nitrogens is 2. The van der Waals surface area contributed by atoms with Gasteiger partial charge in [0.05, 0.1) is 22.3 Å². The number of amides is 1. The average Bonchev–Trinajstić information content (AvgIpc) is 3.04. The summed E-state index contributed by atoms with van der Waals surface area (Å²) in [7, 11) is 0. The molecule has 1 amide bonds. The molecule has 0 aliphatic heterocycles. The standard InChI is InChI=1S/C17H15F2N3O2.C6H14O/c1-9-6-14-16(17(20)23)10(2)21-22(14)15(7-9)24-8-11-12(18)4-3-5-13(11)19;1-2-3-4-5-6-7/h3-7H,8H2,1-2H3,(H2,20,23);7H,2-6H2,1H3. The fraction of sp³-hybridized carbons (Fsp3) is 0.391. The van der Waals surface area contributed by atoms with Crippen molar-refractivity contribution >= 4 is 11.4 Å². The van der Waals surface area contributed by atoms with Crippen LogP contribution in [0, 0.1) is 25.5 Å². The van der Waals surface area contributed by atoms with E-state index in [9.17, 15) is 13.6 Å². The Labute approximate surface area is 180 Å². The van der Waals surface area contributed by atoms with Crippen molar-refractivity contribution < 1.29 is 23.4 Å². The third-order valence-electron chi connectivity index (χ3n) is 4.70. The number of unbranched alkanes of at least 4 members (excludes halogenated alkanes) is 3. The molecular weight excluding hydrogens is 404 g/mol. The van der Waals surface area contributed by atoms with Gasteiger partial charge in [-0.3, -0.25) is 4.79 Å². The summed E-state index contributed by atoms with van der Waals surface area (Å²) in [6, 6.07) is 7.03. The van der Waals surface area contributed by atoms with E-state index < -0.39 is 17.5 Å². The number of rotatable bonds is 8. The number of carbonyl (C=O) groups is 1. The zero-order valence-corrected chi connectivity index (χ0v) is 18.1. The van der Waals surface area contributed by atoms with Crippen LogP contribution in [-0.2, 0) is 6.61 Å². The highest BCUT2D eigenvalue weighted by atomic mass is 19.1. The molecule has 0 aliphatic carbocycles. The lowest BCUT2D eigenvalue weighted by molar-refractivity contribution is 0.100. The van der Waals surface area contributed by atoms with Crippen LogP contribution in [-0.4, -0.2) is 27.2 Å². The Balaban J connectivity index is 0.000000423. The summed E-state index contributed by atoms with van der Waals surface area (Å²) in [5.74, 6) is -1.70. The molecule has 3 aromatic rings. The van der Waals surface area contributed by atoms with Crippen LogP contribution in [0.5, 0.6) is 5.88 Å². The smallest absolute Gasteiger partial charge is 0.252 e. The quantitative estimate of drug-likeness (QED) is 0.513. The molecule has 2 heterocycles. The molecule has 0 atom stereocenters. The molecule has 1 aromatic carbocycles. The minimum atomic E-state index is -0.687. The summed E-state index contributed by atoms with van der Waals surface area (Å²) in [5.41, 5.74) is 7.26. The Morgan fingerprint density at radius 1 is 1.16 bits per heavy atom. The van der Waals surface area contributed by atoms with Gasteiger partial charge in [-0.1, -0.05) is 32.3 Å². The van der Waals surface area contributed by atoms with Crippen LogP contribution in [0.1, 0.15) is 59.8 Å². The van der Waals surface area contributed by atoms with Gasteiger partial charge in [-0.15, -0.1) is 0 Å². The first-order chi connectivity index (χ1) is 14.8. The second kappa shape index (κ2) is 11.4. The molecule has 3 N–H and O–H groups in total. The topological polar surface area (TPSA) is 89.8 Å². The molecule has 31 heavy (non-hydrogen) atoms. The highest BCUT2D eigenvalue weighted by Gasteiger charge is 2.18. The van der Waals surface area contributed by atoms with Crippen molar-refractivity contribution in [1.29, 1.82) is 0 Å². The van der Waals surface area contributed by atoms with Gasteiger partial charge < -0.3 is 15.6 Å². The Bertz CT molecular complexity index is 1010. The molecule has 0 saturated carbocycles. The van der Waals surface area contributed by atoms with Gasteiger partial charge >= 0.3 is 0 Å². The number of halogens is 2. The molecule has 8 heteroatoms. The lowest BCUT2D eigenvalue weighted by Gasteiger charge is -2.10. The van der Waals surface area contributed by atoms with E-state index in [1.165, 1.54) is 29.8 Å². The first kappa shape index (κ1) is 24.3. The van der Waals surface area contributed by atoms with Gasteiger partial charge in [0.25, 0.3) is 5.91 Å². The number of aliphatic hydroxyl groups excluding tert-OH is 1. The van der Waals surface area contributed by atoms with Crippen LogP contribution in [0.15, 0.2) is 30.3 Å². The number of fused-ring (bicyclic) bond motifs is 1. The van der Waals surface area contributed by atoms with Crippen LogP contribution in [0.3, 0.4) is 0 Å². The largest absolute Gasteiger partial charge is 0.473 e. The van der Waals surface area contributed by atoms with Crippen molar-refractivity contribution in [1.82, 2.24) is 9.61 Å². The number of nitrogens with zero attached hydrogens (tertiary/aromatic N) is 2. The van der Waals surface area contributed by atoms with E-state index in [1.807, 2.05) is 6.92 Å². The fourth-order valence-corrected chi connectivity index (χ4v) is 3.12. The van der Waals surface area contributed by atoms with Crippen molar-refractivity contribution in [2.24, 2.45) is 5.73 Å². The number of pyridine rings is 1. The van der Waals surface area contributed by atoms with Crippen molar-refractivity contribution in [3.05, 3.63) is 64.4 Å². The Hall–Kier alpha value is -3.00. The monoisotopic (exact) mass is 433 g/mol. The number of ether oxygens (including phenoxy) is 1. The van der Waals surface area contributed by atoms with E-state index in [4.69, 9.17) is 15.6 Å². The van der Waals surface area contributed by atoms with Gasteiger partial charge in [0.15, 0.2) is 0 Å². The maximum absolute atomic E-state index is 13.7. The van der Waals surface area contributed by atoms with Crippen LogP contribution in [0.25, 0.3) is 5.52 Å². The maximum atomic E-state index is 13.7. The molecule has 0 spiro atoms. The third-order valence-corrected chi connectivity index (χ3v) is 4.70. The Morgan fingerprint density at radius 3 is 2.42 bits per heavy atom. The number of aryl methyl sites for hydroxylation is 2. The molecule has 0 radical (unpaired) electrons. The SMILES string of the molecule is CCCCCCO.Cc1cc(OCc2c(F)cccc2F)n2nc(C)c(C(N)=O)c2c1. The summed E-state index contributed by atoms with van der Waals surface area (Å²) >= 11 is 0.